The maximum absolute atomic E-state index is 12.6. The van der Waals surface area contributed by atoms with E-state index >= 15 is 0 Å². The number of nitro benzene ring substituents is 1. The summed E-state index contributed by atoms with van der Waals surface area (Å²) in [5.74, 6) is -1.19. The molecule has 0 bridgehead atoms. The number of Topliss-reactive ketones (excluding diaryl/α,β-unsaturated/α-hetero) is 1. The number of esters is 1. The number of carbonyl (C=O) groups excluding carboxylic acids is 2. The molecule has 1 aliphatic heterocycles. The molecule has 0 saturated carbocycles. The molecule has 3 rings (SSSR count). The number of carbonyl (C=O) groups is 2. The molecule has 0 spiro atoms. The van der Waals surface area contributed by atoms with Gasteiger partial charge in [0.1, 0.15) is 11.3 Å². The van der Waals surface area contributed by atoms with Crippen molar-refractivity contribution in [1.29, 1.82) is 0 Å². The second-order valence-electron chi connectivity index (χ2n) is 6.00. The molecule has 1 aliphatic carbocycles. The summed E-state index contributed by atoms with van der Waals surface area (Å²) in [5, 5.41) is 10.9. The van der Waals surface area contributed by atoms with Crippen LogP contribution < -0.4 is 5.73 Å². The van der Waals surface area contributed by atoms with Gasteiger partial charge in [0.2, 0.25) is 5.88 Å². The molecular formula is C18H18N2O6. The van der Waals surface area contributed by atoms with E-state index in [1.807, 2.05) is 0 Å². The molecule has 0 saturated heterocycles. The first-order chi connectivity index (χ1) is 12.4. The minimum atomic E-state index is -0.758. The van der Waals surface area contributed by atoms with Crippen molar-refractivity contribution in [3.05, 3.63) is 62.7 Å². The first-order valence-corrected chi connectivity index (χ1v) is 8.29. The van der Waals surface area contributed by atoms with Crippen LogP contribution in [0.5, 0.6) is 0 Å². The summed E-state index contributed by atoms with van der Waals surface area (Å²) in [6.45, 7) is 1.80. The van der Waals surface area contributed by atoms with Crippen molar-refractivity contribution in [2.24, 2.45) is 5.73 Å². The lowest BCUT2D eigenvalue weighted by atomic mass is 9.77. The molecule has 1 heterocycles. The van der Waals surface area contributed by atoms with Gasteiger partial charge in [0.25, 0.3) is 5.69 Å². The summed E-state index contributed by atoms with van der Waals surface area (Å²) in [5.41, 5.74) is 6.86. The van der Waals surface area contributed by atoms with E-state index in [9.17, 15) is 19.7 Å². The van der Waals surface area contributed by atoms with Gasteiger partial charge in [0, 0.05) is 30.5 Å². The molecule has 0 aromatic heterocycles. The predicted octanol–water partition coefficient (Wildman–Crippen LogP) is 2.45. The van der Waals surface area contributed by atoms with E-state index in [0.717, 1.165) is 0 Å². The fourth-order valence-electron chi connectivity index (χ4n) is 3.29. The number of hydrogen-bond donors (Lipinski definition) is 1. The summed E-state index contributed by atoms with van der Waals surface area (Å²) in [7, 11) is 0. The SMILES string of the molecule is CCOC(=O)C1=C(N)OC2=C(C(=O)CCC2)C1c1ccc([N+](=O)[O-])cc1. The highest BCUT2D eigenvalue weighted by Gasteiger charge is 2.41. The summed E-state index contributed by atoms with van der Waals surface area (Å²) in [4.78, 5) is 35.4. The van der Waals surface area contributed by atoms with Crippen LogP contribution in [0.4, 0.5) is 5.69 Å². The van der Waals surface area contributed by atoms with Gasteiger partial charge in [-0.25, -0.2) is 4.79 Å². The van der Waals surface area contributed by atoms with Crippen LogP contribution in [0.25, 0.3) is 0 Å². The van der Waals surface area contributed by atoms with Gasteiger partial charge in [-0.2, -0.15) is 0 Å². The topological polar surface area (TPSA) is 122 Å². The summed E-state index contributed by atoms with van der Waals surface area (Å²) in [6, 6.07) is 5.70. The lowest BCUT2D eigenvalue weighted by molar-refractivity contribution is -0.384. The maximum atomic E-state index is 12.6. The molecule has 136 valence electrons. The normalized spacial score (nSPS) is 19.7. The number of hydrogen-bond acceptors (Lipinski definition) is 7. The van der Waals surface area contributed by atoms with Crippen molar-refractivity contribution in [2.45, 2.75) is 32.1 Å². The molecule has 1 atom stereocenters. The van der Waals surface area contributed by atoms with Crippen LogP contribution in [0.15, 0.2) is 47.1 Å². The van der Waals surface area contributed by atoms with E-state index in [1.165, 1.54) is 24.3 Å². The molecule has 0 fully saturated rings. The Labute approximate surface area is 149 Å². The van der Waals surface area contributed by atoms with Crippen LogP contribution in [0.1, 0.15) is 37.7 Å². The lowest BCUT2D eigenvalue weighted by Crippen LogP contribution is -2.31. The van der Waals surface area contributed by atoms with E-state index in [0.29, 0.717) is 36.2 Å². The fourth-order valence-corrected chi connectivity index (χ4v) is 3.29. The highest BCUT2D eigenvalue weighted by molar-refractivity contribution is 6.03. The third kappa shape index (κ3) is 3.05. The molecule has 8 heteroatoms. The zero-order valence-electron chi connectivity index (χ0n) is 14.2. The minimum Gasteiger partial charge on any atom is -0.462 e. The van der Waals surface area contributed by atoms with Crippen LogP contribution in [0, 0.1) is 10.1 Å². The van der Waals surface area contributed by atoms with Crippen molar-refractivity contribution in [1.82, 2.24) is 0 Å². The van der Waals surface area contributed by atoms with Gasteiger partial charge < -0.3 is 15.2 Å². The molecule has 1 unspecified atom stereocenters. The maximum Gasteiger partial charge on any atom is 0.340 e. The van der Waals surface area contributed by atoms with Crippen LogP contribution >= 0.6 is 0 Å². The number of nitrogens with zero attached hydrogens (tertiary/aromatic N) is 1. The Kier molecular flexibility index (Phi) is 4.75. The Morgan fingerprint density at radius 3 is 2.65 bits per heavy atom. The van der Waals surface area contributed by atoms with Crippen LogP contribution in [0.3, 0.4) is 0 Å². The third-order valence-electron chi connectivity index (χ3n) is 4.42. The summed E-state index contributed by atoms with van der Waals surface area (Å²) < 4.78 is 10.6. The van der Waals surface area contributed by atoms with Gasteiger partial charge in [0.15, 0.2) is 5.78 Å². The highest BCUT2D eigenvalue weighted by Crippen LogP contribution is 2.44. The first-order valence-electron chi connectivity index (χ1n) is 8.29. The van der Waals surface area contributed by atoms with Crippen molar-refractivity contribution >= 4 is 17.4 Å². The number of non-ortho nitro benzene ring substituents is 1. The van der Waals surface area contributed by atoms with Gasteiger partial charge in [-0.1, -0.05) is 12.1 Å². The number of benzene rings is 1. The molecule has 26 heavy (non-hydrogen) atoms. The largest absolute Gasteiger partial charge is 0.462 e. The third-order valence-corrected chi connectivity index (χ3v) is 4.42. The number of nitro groups is 1. The number of ketones is 1. The number of nitrogens with two attached hydrogens (primary N) is 1. The monoisotopic (exact) mass is 358 g/mol. The second kappa shape index (κ2) is 6.99. The van der Waals surface area contributed by atoms with E-state index in [2.05, 4.69) is 0 Å². The second-order valence-corrected chi connectivity index (χ2v) is 6.00. The predicted molar refractivity (Wildman–Crippen MR) is 90.7 cm³/mol. The van der Waals surface area contributed by atoms with Crippen molar-refractivity contribution in [3.8, 4) is 0 Å². The Morgan fingerprint density at radius 1 is 1.35 bits per heavy atom. The van der Waals surface area contributed by atoms with Crippen molar-refractivity contribution in [2.75, 3.05) is 6.61 Å². The Bertz CT molecular complexity index is 838. The molecule has 8 nitrogen and oxygen atoms in total. The highest BCUT2D eigenvalue weighted by atomic mass is 16.6. The van der Waals surface area contributed by atoms with Gasteiger partial charge in [-0.05, 0) is 18.9 Å². The number of allylic oxidation sites excluding steroid dienone is 2. The average molecular weight is 358 g/mol. The molecule has 2 N–H and O–H groups in total. The Hall–Kier alpha value is -3.16. The molecule has 1 aromatic rings. The van der Waals surface area contributed by atoms with Crippen LogP contribution in [0.2, 0.25) is 0 Å². The zero-order chi connectivity index (χ0) is 18.8. The molecule has 2 aliphatic rings. The van der Waals surface area contributed by atoms with Crippen molar-refractivity contribution < 1.29 is 24.0 Å². The van der Waals surface area contributed by atoms with Crippen LogP contribution in [-0.2, 0) is 19.1 Å². The minimum absolute atomic E-state index is 0.0507. The van der Waals surface area contributed by atoms with Gasteiger partial charge in [0.05, 0.1) is 17.4 Å². The smallest absolute Gasteiger partial charge is 0.340 e. The quantitative estimate of drug-likeness (QED) is 0.498. The lowest BCUT2D eigenvalue weighted by Gasteiger charge is -2.32. The Morgan fingerprint density at radius 2 is 2.04 bits per heavy atom. The van der Waals surface area contributed by atoms with Crippen molar-refractivity contribution in [3.63, 3.8) is 0 Å². The standard InChI is InChI=1S/C18H18N2O6/c1-2-25-18(22)16-14(10-6-8-11(9-7-10)20(23)24)15-12(21)4-3-5-13(15)26-17(16)19/h6-9,14H,2-5,19H2,1H3. The molecule has 1 aromatic carbocycles. The average Bonchev–Trinajstić information content (AvgIpc) is 2.61. The van der Waals surface area contributed by atoms with Gasteiger partial charge in [-0.3, -0.25) is 14.9 Å². The summed E-state index contributed by atoms with van der Waals surface area (Å²) in [6.07, 6.45) is 1.54. The fraction of sp³-hybridized carbons (Fsp3) is 0.333. The zero-order valence-corrected chi connectivity index (χ0v) is 14.2. The Balaban J connectivity index is 2.13. The number of rotatable bonds is 4. The summed E-state index contributed by atoms with van der Waals surface area (Å²) >= 11 is 0. The van der Waals surface area contributed by atoms with E-state index in [1.54, 1.807) is 6.92 Å². The van der Waals surface area contributed by atoms with E-state index < -0.39 is 16.8 Å². The van der Waals surface area contributed by atoms with Gasteiger partial charge >= 0.3 is 5.97 Å². The molecule has 0 amide bonds. The number of ether oxygens (including phenoxy) is 2. The van der Waals surface area contributed by atoms with E-state index in [4.69, 9.17) is 15.2 Å². The molecule has 0 radical (unpaired) electrons. The van der Waals surface area contributed by atoms with Crippen LogP contribution in [-0.4, -0.2) is 23.3 Å². The molecular weight excluding hydrogens is 340 g/mol. The first kappa shape index (κ1) is 17.7. The van der Waals surface area contributed by atoms with Gasteiger partial charge in [-0.15, -0.1) is 0 Å². The van der Waals surface area contributed by atoms with E-state index in [-0.39, 0.29) is 29.5 Å².